The van der Waals surface area contributed by atoms with Crippen molar-refractivity contribution in [3.8, 4) is 0 Å². The van der Waals surface area contributed by atoms with Crippen LogP contribution in [0.15, 0.2) is 0 Å². The van der Waals surface area contributed by atoms with Crippen LogP contribution in [0.4, 0.5) is 0 Å². The van der Waals surface area contributed by atoms with Gasteiger partial charge in [-0.2, -0.15) is 0 Å². The first-order valence-electron chi connectivity index (χ1n) is 6.74. The van der Waals surface area contributed by atoms with Crippen LogP contribution in [-0.4, -0.2) is 24.9 Å². The molecule has 0 aliphatic heterocycles. The summed E-state index contributed by atoms with van der Waals surface area (Å²) in [7, 11) is 20.1. The Morgan fingerprint density at radius 2 is 1.16 bits per heavy atom. The molecule has 19 heavy (non-hydrogen) atoms. The van der Waals surface area contributed by atoms with Crippen molar-refractivity contribution in [2.45, 2.75) is 71.1 Å². The topological polar surface area (TPSA) is 37.3 Å². The Morgan fingerprint density at radius 1 is 0.842 bits per heavy atom. The molecule has 0 saturated heterocycles. The van der Waals surface area contributed by atoms with Gasteiger partial charge in [-0.3, -0.25) is 4.79 Å². The Kier molecular flexibility index (Phi) is 18.9. The number of carboxylic acids is 1. The van der Waals surface area contributed by atoms with E-state index < -0.39 is 19.8 Å². The standard InChI is InChI=1S/C12H24O2.4ClH.Sn/c1-2-3-4-5-6-7-8-9-10-11-12(13)14;;;;;/h2-11H2,1H3,(H,13,14);4*1H;/q;;;;;+4/p-4. The molecule has 0 radical (unpaired) electrons. The molecular weight excluding hydrogens is 437 g/mol. The van der Waals surface area contributed by atoms with Crippen LogP contribution in [0.1, 0.15) is 71.1 Å². The van der Waals surface area contributed by atoms with E-state index in [4.69, 9.17) is 40.8 Å². The Balaban J connectivity index is 0. The van der Waals surface area contributed by atoms with Gasteiger partial charge in [0.15, 0.2) is 0 Å². The van der Waals surface area contributed by atoms with E-state index in [2.05, 4.69) is 6.92 Å². The molecule has 0 heterocycles. The van der Waals surface area contributed by atoms with Gasteiger partial charge in [0, 0.05) is 6.42 Å². The minimum atomic E-state index is -3.29. The molecule has 0 atom stereocenters. The molecule has 0 fully saturated rings. The fraction of sp³-hybridized carbons (Fsp3) is 0.917. The van der Waals surface area contributed by atoms with E-state index in [-0.39, 0.29) is 0 Å². The summed E-state index contributed by atoms with van der Waals surface area (Å²) in [6.45, 7) is 2.23. The van der Waals surface area contributed by atoms with Crippen LogP contribution in [0.2, 0.25) is 0 Å². The van der Waals surface area contributed by atoms with Gasteiger partial charge >= 0.3 is 55.5 Å². The van der Waals surface area contributed by atoms with Gasteiger partial charge in [0.2, 0.25) is 0 Å². The monoisotopic (exact) mass is 460 g/mol. The number of hydrogen-bond acceptors (Lipinski definition) is 1. The van der Waals surface area contributed by atoms with Gasteiger partial charge in [0.05, 0.1) is 0 Å². The Morgan fingerprint density at radius 3 is 1.47 bits per heavy atom. The fourth-order valence-corrected chi connectivity index (χ4v) is 1.59. The molecule has 1 N–H and O–H groups in total. The third kappa shape index (κ3) is 38.2. The zero-order valence-electron chi connectivity index (χ0n) is 11.4. The van der Waals surface area contributed by atoms with Gasteiger partial charge in [-0.1, -0.05) is 58.3 Å². The number of unbranched alkanes of at least 4 members (excludes halogenated alkanes) is 8. The number of halogens is 4. The van der Waals surface area contributed by atoms with Crippen molar-refractivity contribution in [2.24, 2.45) is 0 Å². The molecule has 0 rings (SSSR count). The zero-order valence-corrected chi connectivity index (χ0v) is 17.3. The molecule has 0 unspecified atom stereocenters. The molecule has 0 saturated carbocycles. The first-order valence-corrected chi connectivity index (χ1v) is 21.2. The minimum absolute atomic E-state index is 0.343. The number of rotatable bonds is 10. The first-order chi connectivity index (χ1) is 8.77. The second-order valence-electron chi connectivity index (χ2n) is 4.40. The van der Waals surface area contributed by atoms with Gasteiger partial charge in [0.1, 0.15) is 0 Å². The maximum absolute atomic E-state index is 10.2. The van der Waals surface area contributed by atoms with Crippen LogP contribution in [0.3, 0.4) is 0 Å². The second-order valence-corrected chi connectivity index (χ2v) is 29.8. The average molecular weight is 461 g/mol. The molecule has 0 aromatic heterocycles. The van der Waals surface area contributed by atoms with Crippen LogP contribution in [-0.2, 0) is 4.79 Å². The van der Waals surface area contributed by atoms with Gasteiger partial charge in [-0.15, -0.1) is 0 Å². The molecule has 0 spiro atoms. The van der Waals surface area contributed by atoms with Crippen molar-refractivity contribution in [1.82, 2.24) is 0 Å². The molecule has 7 heteroatoms. The van der Waals surface area contributed by atoms with E-state index >= 15 is 0 Å². The first kappa shape index (κ1) is 22.7. The molecule has 116 valence electrons. The Hall–Kier alpha value is 1.43. The summed E-state index contributed by atoms with van der Waals surface area (Å²) < 4.78 is 0. The maximum atomic E-state index is 10.2. The summed E-state index contributed by atoms with van der Waals surface area (Å²) >= 11 is -3.29. The third-order valence-electron chi connectivity index (χ3n) is 2.49. The summed E-state index contributed by atoms with van der Waals surface area (Å²) in [5, 5.41) is 8.41. The predicted octanol–water partition coefficient (Wildman–Crippen LogP) is 6.37. The zero-order chi connectivity index (χ0) is 15.1. The third-order valence-corrected chi connectivity index (χ3v) is 2.49. The Bertz CT molecular complexity index is 204. The summed E-state index contributed by atoms with van der Waals surface area (Å²) in [5.41, 5.74) is 0. The second kappa shape index (κ2) is 15.8. The average Bonchev–Trinajstić information content (AvgIpc) is 2.24. The normalized spacial score (nSPS) is 10.8. The molecule has 0 aliphatic rings. The van der Waals surface area contributed by atoms with Gasteiger partial charge in [-0.05, 0) is 6.42 Å². The molecule has 0 amide bonds. The number of hydrogen-bond donors (Lipinski definition) is 1. The van der Waals surface area contributed by atoms with Crippen LogP contribution in [0, 0.1) is 0 Å². The van der Waals surface area contributed by atoms with Crippen LogP contribution < -0.4 is 0 Å². The molecular formula is C12H24Cl4O2Sn. The van der Waals surface area contributed by atoms with E-state index in [1.807, 2.05) is 0 Å². The van der Waals surface area contributed by atoms with Crippen molar-refractivity contribution in [3.05, 3.63) is 0 Å². The van der Waals surface area contributed by atoms with E-state index in [0.29, 0.717) is 6.42 Å². The molecule has 2 nitrogen and oxygen atoms in total. The summed E-state index contributed by atoms with van der Waals surface area (Å²) in [6.07, 6.45) is 11.5. The number of carboxylic acid groups (broad SMARTS) is 1. The van der Waals surface area contributed by atoms with Crippen LogP contribution in [0.5, 0.6) is 0 Å². The molecule has 0 aromatic carbocycles. The van der Waals surface area contributed by atoms with Crippen molar-refractivity contribution in [3.63, 3.8) is 0 Å². The number of aliphatic carboxylic acids is 1. The van der Waals surface area contributed by atoms with Crippen molar-refractivity contribution >= 4 is 55.5 Å². The van der Waals surface area contributed by atoms with E-state index in [1.54, 1.807) is 0 Å². The SMILES string of the molecule is CCCCCCCCCCCC(=O)O.[Cl][Sn]([Cl])([Cl])[Cl]. The van der Waals surface area contributed by atoms with Crippen LogP contribution in [0.25, 0.3) is 0 Å². The quantitative estimate of drug-likeness (QED) is 0.304. The van der Waals surface area contributed by atoms with Crippen molar-refractivity contribution in [2.75, 3.05) is 0 Å². The fourth-order valence-electron chi connectivity index (χ4n) is 1.59. The summed E-state index contributed by atoms with van der Waals surface area (Å²) in [5.74, 6) is -0.659. The van der Waals surface area contributed by atoms with Crippen molar-refractivity contribution in [1.29, 1.82) is 0 Å². The summed E-state index contributed by atoms with van der Waals surface area (Å²) in [4.78, 5) is 10.2. The van der Waals surface area contributed by atoms with E-state index in [1.165, 1.54) is 44.9 Å². The van der Waals surface area contributed by atoms with E-state index in [9.17, 15) is 4.79 Å². The van der Waals surface area contributed by atoms with Gasteiger partial charge < -0.3 is 5.11 Å². The van der Waals surface area contributed by atoms with Gasteiger partial charge in [-0.25, -0.2) is 0 Å². The molecule has 0 bridgehead atoms. The molecule has 0 aromatic rings. The van der Waals surface area contributed by atoms with Gasteiger partial charge in [0.25, 0.3) is 0 Å². The molecule has 0 aliphatic carbocycles. The predicted molar refractivity (Wildman–Crippen MR) is 88.6 cm³/mol. The van der Waals surface area contributed by atoms with Crippen LogP contribution >= 0.6 is 35.7 Å². The summed E-state index contributed by atoms with van der Waals surface area (Å²) in [6, 6.07) is 0. The van der Waals surface area contributed by atoms with E-state index in [0.717, 1.165) is 12.8 Å². The number of carbonyl (C=O) groups is 1. The van der Waals surface area contributed by atoms with Crippen molar-refractivity contribution < 1.29 is 9.90 Å². The Labute approximate surface area is 135 Å².